The number of hydrogen-bond acceptors (Lipinski definition) is 3. The number of cyclic esters (lactones) is 1. The number of carbonyl (C=O) groups excluding carboxylic acids is 1. The van der Waals surface area contributed by atoms with Gasteiger partial charge in [0.25, 0.3) is 0 Å². The summed E-state index contributed by atoms with van der Waals surface area (Å²) in [4.78, 5) is 12.2. The Morgan fingerprint density at radius 1 is 0.867 bits per heavy atom. The van der Waals surface area contributed by atoms with E-state index in [2.05, 4.69) is 0 Å². The number of halogens is 3. The van der Waals surface area contributed by atoms with E-state index in [1.165, 1.54) is 0 Å². The van der Waals surface area contributed by atoms with Crippen molar-refractivity contribution in [3.05, 3.63) is 110 Å². The first-order valence-electron chi connectivity index (χ1n) is 9.06. The zero-order valence-electron chi connectivity index (χ0n) is 15.6. The van der Waals surface area contributed by atoms with Crippen molar-refractivity contribution in [2.24, 2.45) is 0 Å². The van der Waals surface area contributed by atoms with Crippen LogP contribution in [0.5, 0.6) is 5.75 Å². The maximum absolute atomic E-state index is 12.2. The molecule has 0 aromatic heterocycles. The molecule has 1 heterocycles. The normalized spacial score (nSPS) is 14.6. The minimum atomic E-state index is -0.391. The second kappa shape index (κ2) is 8.97. The topological polar surface area (TPSA) is 35.5 Å². The van der Waals surface area contributed by atoms with E-state index in [-0.39, 0.29) is 0 Å². The molecule has 1 aliphatic rings. The minimum absolute atomic E-state index is 0.329. The molecule has 3 nitrogen and oxygen atoms in total. The van der Waals surface area contributed by atoms with Gasteiger partial charge >= 0.3 is 5.97 Å². The zero-order valence-corrected chi connectivity index (χ0v) is 17.8. The van der Waals surface area contributed by atoms with Crippen molar-refractivity contribution in [1.29, 1.82) is 0 Å². The number of carbonyl (C=O) groups is 1. The van der Waals surface area contributed by atoms with Crippen LogP contribution >= 0.6 is 34.8 Å². The van der Waals surface area contributed by atoms with Crippen LogP contribution in [0.15, 0.2) is 78.4 Å². The summed E-state index contributed by atoms with van der Waals surface area (Å²) in [7, 11) is 0. The summed E-state index contributed by atoms with van der Waals surface area (Å²) < 4.78 is 11.1. The van der Waals surface area contributed by atoms with Crippen molar-refractivity contribution >= 4 is 52.6 Å². The zero-order chi connectivity index (χ0) is 21.1. The molecule has 0 saturated heterocycles. The average molecular weight is 458 g/mol. The van der Waals surface area contributed by atoms with Crippen LogP contribution in [-0.2, 0) is 16.1 Å². The number of hydrogen-bond donors (Lipinski definition) is 0. The Balaban J connectivity index is 1.45. The Morgan fingerprint density at radius 3 is 2.27 bits per heavy atom. The molecule has 0 N–H and O–H groups in total. The van der Waals surface area contributed by atoms with Gasteiger partial charge in [-0.25, -0.2) is 4.79 Å². The lowest BCUT2D eigenvalue weighted by Crippen LogP contribution is -1.97. The Kier molecular flexibility index (Phi) is 6.14. The van der Waals surface area contributed by atoms with Crippen molar-refractivity contribution in [1.82, 2.24) is 0 Å². The summed E-state index contributed by atoms with van der Waals surface area (Å²) in [5, 5.41) is 1.77. The van der Waals surface area contributed by atoms with Gasteiger partial charge in [-0.1, -0.05) is 53.0 Å². The highest BCUT2D eigenvalue weighted by atomic mass is 35.5. The van der Waals surface area contributed by atoms with Crippen LogP contribution in [0.1, 0.15) is 16.7 Å². The SMILES string of the molecule is O=C1OC(c2ccc(Cl)cc2)=C/C1=C\c1ccc(OCc2ccc(Cl)cc2Cl)cc1. The van der Waals surface area contributed by atoms with Gasteiger partial charge < -0.3 is 9.47 Å². The first-order chi connectivity index (χ1) is 14.5. The van der Waals surface area contributed by atoms with Gasteiger partial charge in [0.1, 0.15) is 18.1 Å². The average Bonchev–Trinajstić information content (AvgIpc) is 3.09. The van der Waals surface area contributed by atoms with Crippen molar-refractivity contribution in [3.63, 3.8) is 0 Å². The van der Waals surface area contributed by atoms with Gasteiger partial charge in [0.15, 0.2) is 0 Å². The fraction of sp³-hybridized carbons (Fsp3) is 0.0417. The Morgan fingerprint density at radius 2 is 1.57 bits per heavy atom. The first-order valence-corrected chi connectivity index (χ1v) is 10.2. The number of ether oxygens (including phenoxy) is 2. The van der Waals surface area contributed by atoms with Gasteiger partial charge in [0, 0.05) is 26.2 Å². The minimum Gasteiger partial charge on any atom is -0.489 e. The fourth-order valence-corrected chi connectivity index (χ4v) is 3.47. The van der Waals surface area contributed by atoms with Crippen molar-refractivity contribution in [2.45, 2.75) is 6.61 Å². The van der Waals surface area contributed by atoms with Gasteiger partial charge in [-0.2, -0.15) is 0 Å². The Hall–Kier alpha value is -2.72. The number of rotatable bonds is 5. The monoisotopic (exact) mass is 456 g/mol. The van der Waals surface area contributed by atoms with E-state index in [9.17, 15) is 4.79 Å². The molecule has 0 aliphatic carbocycles. The van der Waals surface area contributed by atoms with Crippen LogP contribution in [0.4, 0.5) is 0 Å². The highest BCUT2D eigenvalue weighted by Crippen LogP contribution is 2.29. The molecule has 4 rings (SSSR count). The van der Waals surface area contributed by atoms with Crippen LogP contribution in [0.2, 0.25) is 15.1 Å². The second-order valence-corrected chi connectivity index (χ2v) is 7.88. The predicted octanol–water partition coefficient (Wildman–Crippen LogP) is 7.21. The van der Waals surface area contributed by atoms with Crippen LogP contribution in [0, 0.1) is 0 Å². The molecule has 0 atom stereocenters. The lowest BCUT2D eigenvalue weighted by molar-refractivity contribution is -0.130. The molecule has 0 bridgehead atoms. The largest absolute Gasteiger partial charge is 0.489 e. The van der Waals surface area contributed by atoms with E-state index < -0.39 is 5.97 Å². The molecular weight excluding hydrogens is 443 g/mol. The molecule has 6 heteroatoms. The summed E-state index contributed by atoms with van der Waals surface area (Å²) >= 11 is 18.0. The van der Waals surface area contributed by atoms with Gasteiger partial charge in [-0.3, -0.25) is 0 Å². The lowest BCUT2D eigenvalue weighted by atomic mass is 10.1. The Labute approximate surface area is 189 Å². The molecule has 1 aliphatic heterocycles. The lowest BCUT2D eigenvalue weighted by Gasteiger charge is -2.08. The van der Waals surface area contributed by atoms with Crippen LogP contribution < -0.4 is 4.74 Å². The van der Waals surface area contributed by atoms with E-state index in [1.54, 1.807) is 36.4 Å². The predicted molar refractivity (Wildman–Crippen MR) is 121 cm³/mol. The molecule has 30 heavy (non-hydrogen) atoms. The molecule has 3 aromatic carbocycles. The maximum Gasteiger partial charge on any atom is 0.343 e. The summed E-state index contributed by atoms with van der Waals surface area (Å²) in [5.41, 5.74) is 2.97. The highest BCUT2D eigenvalue weighted by Gasteiger charge is 2.21. The quantitative estimate of drug-likeness (QED) is 0.300. The van der Waals surface area contributed by atoms with Crippen molar-refractivity contribution in [2.75, 3.05) is 0 Å². The second-order valence-electron chi connectivity index (χ2n) is 6.60. The maximum atomic E-state index is 12.2. The number of benzene rings is 3. The first kappa shape index (κ1) is 20.5. The molecule has 0 fully saturated rings. The van der Waals surface area contributed by atoms with E-state index >= 15 is 0 Å². The van der Waals surface area contributed by atoms with Crippen molar-refractivity contribution in [3.8, 4) is 5.75 Å². The van der Waals surface area contributed by atoms with E-state index in [0.29, 0.717) is 38.8 Å². The highest BCUT2D eigenvalue weighted by molar-refractivity contribution is 6.35. The molecule has 3 aromatic rings. The third-order valence-electron chi connectivity index (χ3n) is 4.47. The summed E-state index contributed by atoms with van der Waals surface area (Å²) in [6.45, 7) is 0.329. The number of esters is 1. The van der Waals surface area contributed by atoms with Crippen LogP contribution in [-0.4, -0.2) is 5.97 Å². The summed E-state index contributed by atoms with van der Waals surface area (Å²) in [6, 6.07) is 19.8. The third-order valence-corrected chi connectivity index (χ3v) is 5.30. The molecule has 0 saturated carbocycles. The standard InChI is InChI=1S/C24H15Cl3O3/c25-19-6-3-16(4-7-19)23-12-18(24(28)30-23)11-15-1-9-21(10-2-15)29-14-17-5-8-20(26)13-22(17)27/h1-13H,14H2/b18-11+. The molecule has 0 amide bonds. The van der Waals surface area contributed by atoms with Gasteiger partial charge in [-0.15, -0.1) is 0 Å². The Bertz CT molecular complexity index is 1150. The molecular formula is C24H15Cl3O3. The van der Waals surface area contributed by atoms with Crippen molar-refractivity contribution < 1.29 is 14.3 Å². The van der Waals surface area contributed by atoms with Gasteiger partial charge in [0.05, 0.1) is 5.57 Å². The molecule has 0 unspecified atom stereocenters. The molecule has 0 spiro atoms. The van der Waals surface area contributed by atoms with Crippen LogP contribution in [0.25, 0.3) is 11.8 Å². The van der Waals surface area contributed by atoms with Crippen LogP contribution in [0.3, 0.4) is 0 Å². The third kappa shape index (κ3) is 4.88. The molecule has 150 valence electrons. The summed E-state index contributed by atoms with van der Waals surface area (Å²) in [5.74, 6) is 0.801. The van der Waals surface area contributed by atoms with Gasteiger partial charge in [-0.05, 0) is 66.2 Å². The molecule has 0 radical (unpaired) electrons. The smallest absolute Gasteiger partial charge is 0.343 e. The van der Waals surface area contributed by atoms with E-state index in [0.717, 1.165) is 16.7 Å². The van der Waals surface area contributed by atoms with E-state index in [1.807, 2.05) is 42.5 Å². The fourth-order valence-electron chi connectivity index (χ4n) is 2.89. The summed E-state index contributed by atoms with van der Waals surface area (Å²) in [6.07, 6.45) is 3.49. The van der Waals surface area contributed by atoms with E-state index in [4.69, 9.17) is 44.3 Å². The van der Waals surface area contributed by atoms with Gasteiger partial charge in [0.2, 0.25) is 0 Å².